The SMILES string of the molecule is COc1cccc(SC(=Nc2ccc(C(F)(F)F)cc2)N(CCc2ccc(Cl)cc2)Cc2ccc(O)cc2)c1. The van der Waals surface area contributed by atoms with Gasteiger partial charge in [0, 0.05) is 23.0 Å². The number of phenolic OH excluding ortho intramolecular Hbond substituents is 1. The number of nitrogens with zero attached hydrogens (tertiary/aromatic N) is 2. The van der Waals surface area contributed by atoms with Crippen LogP contribution in [-0.2, 0) is 19.1 Å². The van der Waals surface area contributed by atoms with Gasteiger partial charge in [-0.3, -0.25) is 0 Å². The molecule has 39 heavy (non-hydrogen) atoms. The molecule has 0 aliphatic carbocycles. The van der Waals surface area contributed by atoms with E-state index in [1.807, 2.05) is 60.7 Å². The molecule has 0 bridgehead atoms. The number of aromatic hydroxyl groups is 1. The summed E-state index contributed by atoms with van der Waals surface area (Å²) < 4.78 is 44.8. The second-order valence-electron chi connectivity index (χ2n) is 8.68. The highest BCUT2D eigenvalue weighted by atomic mass is 35.5. The van der Waals surface area contributed by atoms with Gasteiger partial charge in [0.1, 0.15) is 11.5 Å². The van der Waals surface area contributed by atoms with Crippen LogP contribution in [0.25, 0.3) is 0 Å². The van der Waals surface area contributed by atoms with Crippen LogP contribution in [0.1, 0.15) is 16.7 Å². The molecule has 0 radical (unpaired) electrons. The Morgan fingerprint density at radius 2 is 1.59 bits per heavy atom. The average molecular weight is 571 g/mol. The van der Waals surface area contributed by atoms with Gasteiger partial charge in [0.15, 0.2) is 5.17 Å². The molecule has 0 amide bonds. The molecule has 0 unspecified atom stereocenters. The summed E-state index contributed by atoms with van der Waals surface area (Å²) >= 11 is 7.45. The first-order valence-corrected chi connectivity index (χ1v) is 13.2. The monoisotopic (exact) mass is 570 g/mol. The van der Waals surface area contributed by atoms with Crippen molar-refractivity contribution in [3.63, 3.8) is 0 Å². The highest BCUT2D eigenvalue weighted by Gasteiger charge is 2.30. The Morgan fingerprint density at radius 3 is 2.23 bits per heavy atom. The molecule has 4 aromatic rings. The summed E-state index contributed by atoms with van der Waals surface area (Å²) in [6.07, 6.45) is -3.75. The molecule has 202 valence electrons. The number of hydrogen-bond donors (Lipinski definition) is 1. The number of thioether (sulfide) groups is 1. The van der Waals surface area contributed by atoms with E-state index in [4.69, 9.17) is 21.3 Å². The Hall–Kier alpha value is -3.62. The quantitative estimate of drug-likeness (QED) is 0.131. The van der Waals surface area contributed by atoms with Crippen molar-refractivity contribution >= 4 is 34.2 Å². The maximum Gasteiger partial charge on any atom is 0.416 e. The van der Waals surface area contributed by atoms with Gasteiger partial charge >= 0.3 is 6.18 Å². The van der Waals surface area contributed by atoms with E-state index in [-0.39, 0.29) is 5.75 Å². The molecule has 1 N–H and O–H groups in total. The zero-order valence-corrected chi connectivity index (χ0v) is 22.6. The number of hydrogen-bond acceptors (Lipinski definition) is 4. The van der Waals surface area contributed by atoms with E-state index < -0.39 is 11.7 Å². The van der Waals surface area contributed by atoms with E-state index in [1.54, 1.807) is 19.2 Å². The summed E-state index contributed by atoms with van der Waals surface area (Å²) in [5.74, 6) is 0.844. The predicted octanol–water partition coefficient (Wildman–Crippen LogP) is 8.60. The molecule has 4 nitrogen and oxygen atoms in total. The van der Waals surface area contributed by atoms with Crippen molar-refractivity contribution < 1.29 is 23.0 Å². The lowest BCUT2D eigenvalue weighted by molar-refractivity contribution is -0.137. The predicted molar refractivity (Wildman–Crippen MR) is 151 cm³/mol. The Balaban J connectivity index is 1.71. The maximum absolute atomic E-state index is 13.1. The Morgan fingerprint density at radius 1 is 0.923 bits per heavy atom. The van der Waals surface area contributed by atoms with Crippen molar-refractivity contribution in [3.8, 4) is 11.5 Å². The second-order valence-corrected chi connectivity index (χ2v) is 10.2. The third kappa shape index (κ3) is 8.43. The standard InChI is InChI=1S/C30H26ClF3N2O2S/c1-38-27-3-2-4-28(19-27)39-29(35-25-13-9-23(10-14-25)30(32,33)34)36(20-22-7-15-26(37)16-8-22)18-17-21-5-11-24(31)12-6-21/h2-16,19,37H,17-18,20H2,1H3. The number of ether oxygens (including phenoxy) is 1. The van der Waals surface area contributed by atoms with E-state index in [0.29, 0.717) is 41.1 Å². The van der Waals surface area contributed by atoms with Crippen LogP contribution in [0, 0.1) is 0 Å². The Labute approximate surface area is 234 Å². The average Bonchev–Trinajstić information content (AvgIpc) is 2.92. The minimum atomic E-state index is -4.43. The van der Waals surface area contributed by atoms with E-state index in [0.717, 1.165) is 28.2 Å². The van der Waals surface area contributed by atoms with Crippen molar-refractivity contribution in [2.45, 2.75) is 24.0 Å². The van der Waals surface area contributed by atoms with E-state index >= 15 is 0 Å². The van der Waals surface area contributed by atoms with Crippen molar-refractivity contribution in [2.24, 2.45) is 4.99 Å². The summed E-state index contributed by atoms with van der Waals surface area (Å²) in [6.45, 7) is 1.03. The minimum Gasteiger partial charge on any atom is -0.508 e. The van der Waals surface area contributed by atoms with E-state index in [9.17, 15) is 18.3 Å². The van der Waals surface area contributed by atoms with Crippen molar-refractivity contribution in [1.29, 1.82) is 0 Å². The molecule has 0 atom stereocenters. The van der Waals surface area contributed by atoms with Gasteiger partial charge in [0.2, 0.25) is 0 Å². The molecule has 9 heteroatoms. The molecule has 0 heterocycles. The molecule has 0 aliphatic rings. The lowest BCUT2D eigenvalue weighted by Crippen LogP contribution is -2.30. The van der Waals surface area contributed by atoms with Crippen LogP contribution in [0.2, 0.25) is 5.02 Å². The van der Waals surface area contributed by atoms with Crippen LogP contribution in [0.4, 0.5) is 18.9 Å². The highest BCUT2D eigenvalue weighted by Crippen LogP contribution is 2.32. The van der Waals surface area contributed by atoms with Gasteiger partial charge in [0.25, 0.3) is 0 Å². The largest absolute Gasteiger partial charge is 0.508 e. The topological polar surface area (TPSA) is 45.1 Å². The summed E-state index contributed by atoms with van der Waals surface area (Å²) in [5.41, 5.74) is 1.69. The molecule has 0 aliphatic heterocycles. The first kappa shape index (κ1) is 28.4. The van der Waals surface area contributed by atoms with Gasteiger partial charge in [-0.05, 0) is 84.3 Å². The molecule has 4 rings (SSSR count). The van der Waals surface area contributed by atoms with Gasteiger partial charge in [0.05, 0.1) is 18.4 Å². The van der Waals surface area contributed by atoms with Gasteiger partial charge in [-0.25, -0.2) is 4.99 Å². The number of amidine groups is 1. The Bertz CT molecular complexity index is 1390. The third-order valence-electron chi connectivity index (χ3n) is 5.83. The Kier molecular flexibility index (Phi) is 9.43. The fourth-order valence-corrected chi connectivity index (χ4v) is 4.84. The number of benzene rings is 4. The number of rotatable bonds is 8. The van der Waals surface area contributed by atoms with Gasteiger partial charge < -0.3 is 14.7 Å². The first-order valence-electron chi connectivity index (χ1n) is 12.0. The molecule has 0 aromatic heterocycles. The molecule has 0 saturated heterocycles. The first-order chi connectivity index (χ1) is 18.7. The van der Waals surface area contributed by atoms with E-state index in [2.05, 4.69) is 4.90 Å². The van der Waals surface area contributed by atoms with Crippen LogP contribution < -0.4 is 4.74 Å². The third-order valence-corrected chi connectivity index (χ3v) is 7.11. The maximum atomic E-state index is 13.1. The molecule has 0 spiro atoms. The molecular weight excluding hydrogens is 545 g/mol. The van der Waals surface area contributed by atoms with Crippen LogP contribution in [0.5, 0.6) is 11.5 Å². The minimum absolute atomic E-state index is 0.163. The van der Waals surface area contributed by atoms with Crippen molar-refractivity contribution in [2.75, 3.05) is 13.7 Å². The van der Waals surface area contributed by atoms with Crippen LogP contribution >= 0.6 is 23.4 Å². The lowest BCUT2D eigenvalue weighted by Gasteiger charge is -2.26. The fourth-order valence-electron chi connectivity index (χ4n) is 3.74. The number of alkyl halides is 3. The number of aliphatic imine (C=N–C) groups is 1. The van der Waals surface area contributed by atoms with Crippen LogP contribution in [0.15, 0.2) is 107 Å². The summed E-state index contributed by atoms with van der Waals surface area (Å²) in [6, 6.07) is 26.8. The zero-order chi connectivity index (χ0) is 27.8. The zero-order valence-electron chi connectivity index (χ0n) is 21.0. The smallest absolute Gasteiger partial charge is 0.416 e. The molecular formula is C30H26ClF3N2O2S. The molecule has 0 fully saturated rings. The van der Waals surface area contributed by atoms with Crippen LogP contribution in [0.3, 0.4) is 0 Å². The van der Waals surface area contributed by atoms with Gasteiger partial charge in [-0.1, -0.05) is 53.7 Å². The summed E-state index contributed by atoms with van der Waals surface area (Å²) in [5, 5.41) is 11.0. The number of methoxy groups -OCH3 is 1. The number of phenols is 1. The van der Waals surface area contributed by atoms with E-state index in [1.165, 1.54) is 23.9 Å². The molecule has 0 saturated carbocycles. The van der Waals surface area contributed by atoms with Crippen LogP contribution in [-0.4, -0.2) is 28.8 Å². The van der Waals surface area contributed by atoms with Crippen molar-refractivity contribution in [1.82, 2.24) is 4.90 Å². The highest BCUT2D eigenvalue weighted by molar-refractivity contribution is 8.13. The van der Waals surface area contributed by atoms with Gasteiger partial charge in [-0.2, -0.15) is 13.2 Å². The number of halogens is 4. The van der Waals surface area contributed by atoms with Crippen molar-refractivity contribution in [3.05, 3.63) is 119 Å². The van der Waals surface area contributed by atoms with Gasteiger partial charge in [-0.15, -0.1) is 0 Å². The summed E-state index contributed by atoms with van der Waals surface area (Å²) in [4.78, 5) is 7.74. The summed E-state index contributed by atoms with van der Waals surface area (Å²) in [7, 11) is 1.59. The normalized spacial score (nSPS) is 11.9. The lowest BCUT2D eigenvalue weighted by atomic mass is 10.1. The second kappa shape index (κ2) is 13.0. The fraction of sp³-hybridized carbons (Fsp3) is 0.167. The molecule has 4 aromatic carbocycles.